The minimum Gasteiger partial charge on any atom is -0.390 e. The van der Waals surface area contributed by atoms with Crippen molar-refractivity contribution in [3.63, 3.8) is 0 Å². The van der Waals surface area contributed by atoms with Crippen molar-refractivity contribution in [1.29, 1.82) is 0 Å². The van der Waals surface area contributed by atoms with E-state index in [4.69, 9.17) is 11.6 Å². The van der Waals surface area contributed by atoms with Crippen molar-refractivity contribution in [2.75, 3.05) is 5.32 Å². The highest BCUT2D eigenvalue weighted by molar-refractivity contribution is 7.92. The molecule has 3 aromatic rings. The van der Waals surface area contributed by atoms with Crippen molar-refractivity contribution in [1.82, 2.24) is 4.98 Å². The van der Waals surface area contributed by atoms with Crippen LogP contribution in [0.5, 0.6) is 0 Å². The largest absolute Gasteiger partial charge is 0.390 e. The predicted molar refractivity (Wildman–Crippen MR) is 136 cm³/mol. The van der Waals surface area contributed by atoms with Crippen molar-refractivity contribution in [3.05, 3.63) is 77.1 Å². The number of benzene rings is 2. The number of rotatable bonds is 5. The zero-order valence-corrected chi connectivity index (χ0v) is 21.5. The Morgan fingerprint density at radius 2 is 1.70 bits per heavy atom. The lowest BCUT2D eigenvalue weighted by Gasteiger charge is -2.40. The van der Waals surface area contributed by atoms with Crippen LogP contribution < -0.4 is 5.32 Å². The molecule has 2 N–H and O–H groups in total. The maximum atomic E-state index is 13.8. The van der Waals surface area contributed by atoms with Crippen LogP contribution in [0.25, 0.3) is 11.1 Å². The van der Waals surface area contributed by atoms with Gasteiger partial charge in [0, 0.05) is 29.7 Å². The first kappa shape index (κ1) is 25.8. The molecule has 2 aromatic carbocycles. The fourth-order valence-corrected chi connectivity index (χ4v) is 8.13. The summed E-state index contributed by atoms with van der Waals surface area (Å²) in [4.78, 5) is 17.2. The number of pyridine rings is 1. The summed E-state index contributed by atoms with van der Waals surface area (Å²) in [5.41, 5.74) is 0.0528. The summed E-state index contributed by atoms with van der Waals surface area (Å²) < 4.78 is 54.7. The molecular weight excluding hydrogens is 522 g/mol. The summed E-state index contributed by atoms with van der Waals surface area (Å²) in [5.74, 6) is -3.16. The van der Waals surface area contributed by atoms with Crippen LogP contribution in [0.4, 0.5) is 14.5 Å². The first-order valence-corrected chi connectivity index (χ1v) is 13.9. The van der Waals surface area contributed by atoms with Gasteiger partial charge in [-0.15, -0.1) is 0 Å². The van der Waals surface area contributed by atoms with Crippen LogP contribution in [0.15, 0.2) is 59.8 Å². The molecule has 0 saturated heterocycles. The van der Waals surface area contributed by atoms with Gasteiger partial charge in [0.2, 0.25) is 0 Å². The number of hydrogen-bond donors (Lipinski definition) is 2. The molecule has 0 spiro atoms. The topological polar surface area (TPSA) is 96.4 Å². The van der Waals surface area contributed by atoms with Crippen molar-refractivity contribution in [3.8, 4) is 11.1 Å². The molecule has 5 rings (SSSR count). The molecule has 2 saturated carbocycles. The van der Waals surface area contributed by atoms with E-state index >= 15 is 0 Å². The average Bonchev–Trinajstić information content (AvgIpc) is 3.02. The van der Waals surface area contributed by atoms with Crippen molar-refractivity contribution in [2.45, 2.75) is 48.4 Å². The quantitative estimate of drug-likeness (QED) is 0.431. The number of aromatic nitrogens is 1. The normalized spacial score (nSPS) is 25.2. The van der Waals surface area contributed by atoms with E-state index in [-0.39, 0.29) is 33.0 Å². The molecule has 1 amide bonds. The van der Waals surface area contributed by atoms with Crippen LogP contribution in [0.3, 0.4) is 0 Å². The van der Waals surface area contributed by atoms with Gasteiger partial charge in [0.15, 0.2) is 21.5 Å². The standard InChI is InChI=1S/C27H25ClF2N2O4S/c1-27(34)16-2-3-17(27)11-19(10-16)37(35,36)25-14-21(20(13-22(25)28)15-6-8-31-9-7-15)26(33)32-18-4-5-23(29)24(30)12-18/h4-9,12-14,16-17,19,34H,2-3,10-11H2,1H3,(H,32,33)/t16-,17?,19-,27-/m0/s1. The van der Waals surface area contributed by atoms with Crippen LogP contribution >= 0.6 is 11.6 Å². The molecule has 37 heavy (non-hydrogen) atoms. The number of carbonyl (C=O) groups excluding carboxylic acids is 1. The zero-order valence-electron chi connectivity index (χ0n) is 19.9. The molecule has 0 aliphatic heterocycles. The molecule has 0 radical (unpaired) electrons. The summed E-state index contributed by atoms with van der Waals surface area (Å²) in [6.07, 6.45) is 5.19. The Hall–Kier alpha value is -2.88. The van der Waals surface area contributed by atoms with E-state index in [0.29, 0.717) is 24.0 Å². The van der Waals surface area contributed by atoms with Crippen LogP contribution in [-0.4, -0.2) is 35.3 Å². The van der Waals surface area contributed by atoms with E-state index in [2.05, 4.69) is 10.3 Å². The van der Waals surface area contributed by atoms with Gasteiger partial charge < -0.3 is 10.4 Å². The average molecular weight is 547 g/mol. The van der Waals surface area contributed by atoms with Gasteiger partial charge in [-0.3, -0.25) is 9.78 Å². The highest BCUT2D eigenvalue weighted by Gasteiger charge is 2.53. The highest BCUT2D eigenvalue weighted by Crippen LogP contribution is 2.52. The van der Waals surface area contributed by atoms with Gasteiger partial charge in [0.05, 0.1) is 20.8 Å². The lowest BCUT2D eigenvalue weighted by atomic mass is 9.76. The minimum atomic E-state index is -3.95. The Kier molecular flexibility index (Phi) is 6.58. The van der Waals surface area contributed by atoms with Crippen molar-refractivity contribution in [2.24, 2.45) is 11.8 Å². The Morgan fingerprint density at radius 1 is 1.05 bits per heavy atom. The Labute approximate surface area is 218 Å². The minimum absolute atomic E-state index is 0.00434. The number of anilines is 1. The van der Waals surface area contributed by atoms with Gasteiger partial charge in [-0.25, -0.2) is 17.2 Å². The third-order valence-electron chi connectivity index (χ3n) is 7.84. The van der Waals surface area contributed by atoms with Gasteiger partial charge >= 0.3 is 0 Å². The number of sulfone groups is 1. The molecule has 1 unspecified atom stereocenters. The number of halogens is 3. The van der Waals surface area contributed by atoms with Gasteiger partial charge in [-0.1, -0.05) is 11.6 Å². The van der Waals surface area contributed by atoms with E-state index in [9.17, 15) is 27.1 Å². The number of nitrogens with zero attached hydrogens (tertiary/aromatic N) is 1. The lowest BCUT2D eigenvalue weighted by Crippen LogP contribution is -2.45. The van der Waals surface area contributed by atoms with Gasteiger partial charge in [-0.05, 0) is 92.0 Å². The smallest absolute Gasteiger partial charge is 0.256 e. The molecule has 2 aliphatic rings. The van der Waals surface area contributed by atoms with E-state index in [1.54, 1.807) is 19.1 Å². The number of amides is 1. The molecule has 194 valence electrons. The second kappa shape index (κ2) is 9.45. The first-order valence-electron chi connectivity index (χ1n) is 11.9. The molecule has 6 nitrogen and oxygen atoms in total. The first-order chi connectivity index (χ1) is 17.5. The third kappa shape index (κ3) is 4.64. The maximum absolute atomic E-state index is 13.8. The SMILES string of the molecule is C[C@@]1(O)C2CC[C@H]1C[C@H](S(=O)(=O)c1cc(C(=O)Nc3ccc(F)c(F)c3)c(-c3ccncc3)cc1Cl)C2. The summed E-state index contributed by atoms with van der Waals surface area (Å²) in [6.45, 7) is 1.77. The summed E-state index contributed by atoms with van der Waals surface area (Å²) in [5, 5.41) is 12.6. The number of hydrogen-bond acceptors (Lipinski definition) is 5. The van der Waals surface area contributed by atoms with Crippen LogP contribution in [0.2, 0.25) is 5.02 Å². The van der Waals surface area contributed by atoms with Gasteiger partial charge in [0.25, 0.3) is 5.91 Å². The zero-order chi connectivity index (χ0) is 26.5. The molecule has 4 atom stereocenters. The van der Waals surface area contributed by atoms with Gasteiger partial charge in [-0.2, -0.15) is 0 Å². The maximum Gasteiger partial charge on any atom is 0.256 e. The second-order valence-corrected chi connectivity index (χ2v) is 12.6. The Morgan fingerprint density at radius 3 is 2.32 bits per heavy atom. The summed E-state index contributed by atoms with van der Waals surface area (Å²) in [7, 11) is -3.95. The second-order valence-electron chi connectivity index (χ2n) is 9.98. The fourth-order valence-electron chi connectivity index (χ4n) is 5.70. The van der Waals surface area contributed by atoms with Crippen LogP contribution in [0, 0.1) is 23.5 Å². The van der Waals surface area contributed by atoms with E-state index < -0.39 is 38.2 Å². The number of aliphatic hydroxyl groups is 1. The Balaban J connectivity index is 1.57. The predicted octanol–water partition coefficient (Wildman–Crippen LogP) is 5.65. The number of nitrogens with one attached hydrogen (secondary N) is 1. The van der Waals surface area contributed by atoms with E-state index in [1.807, 2.05) is 0 Å². The number of carbonyl (C=O) groups is 1. The van der Waals surface area contributed by atoms with Crippen molar-refractivity contribution >= 4 is 33.0 Å². The summed E-state index contributed by atoms with van der Waals surface area (Å²) in [6, 6.07) is 8.91. The molecule has 1 aromatic heterocycles. The lowest BCUT2D eigenvalue weighted by molar-refractivity contribution is -0.0413. The van der Waals surface area contributed by atoms with Gasteiger partial charge in [0.1, 0.15) is 0 Å². The molecular formula is C27H25ClF2N2O4S. The molecule has 2 aliphatic carbocycles. The van der Waals surface area contributed by atoms with Crippen molar-refractivity contribution < 1.29 is 27.1 Å². The molecule has 2 fully saturated rings. The van der Waals surface area contributed by atoms with E-state index in [0.717, 1.165) is 25.0 Å². The fraction of sp³-hybridized carbons (Fsp3) is 0.333. The van der Waals surface area contributed by atoms with E-state index in [1.165, 1.54) is 30.6 Å². The Bertz CT molecular complexity index is 1470. The number of fused-ring (bicyclic) bond motifs is 2. The van der Waals surface area contributed by atoms with Crippen LogP contribution in [-0.2, 0) is 9.84 Å². The molecule has 1 heterocycles. The molecule has 2 bridgehead atoms. The molecule has 10 heteroatoms. The summed E-state index contributed by atoms with van der Waals surface area (Å²) >= 11 is 6.54. The third-order valence-corrected chi connectivity index (χ3v) is 10.5. The van der Waals surface area contributed by atoms with Crippen LogP contribution in [0.1, 0.15) is 43.0 Å². The monoisotopic (exact) mass is 546 g/mol. The highest BCUT2D eigenvalue weighted by atomic mass is 35.5.